The third-order valence-corrected chi connectivity index (χ3v) is 18.2. The van der Waals surface area contributed by atoms with Crippen molar-refractivity contribution >= 4 is 23.5 Å². The highest BCUT2D eigenvalue weighted by atomic mass is 16.8. The quantitative estimate of drug-likeness (QED) is 0.124. The number of carbonyl (C=O) groups excluding carboxylic acids is 4. The number of ketones is 2. The minimum absolute atomic E-state index is 0.0149. The van der Waals surface area contributed by atoms with Gasteiger partial charge in [-0.3, -0.25) is 14.4 Å². The van der Waals surface area contributed by atoms with Gasteiger partial charge in [-0.05, 0) is 70.2 Å². The Morgan fingerprint density at radius 2 is 1.51 bits per heavy atom. The second-order valence-corrected chi connectivity index (χ2v) is 22.4. The van der Waals surface area contributed by atoms with Crippen LogP contribution in [-0.2, 0) is 47.5 Å². The standard InChI is InChI=1S/C27H32O14.C26H30O8/c1-10-20(32)22(34)24(36)26(37-10)41-25-23(35)21(33)18(9-28)40-27(25)38-13-6-14(30)19-15(31)8-16(39-17(19)7-13)11-2-4-12(29)5-3-11;1-22(2)15-9-16(27)24(4)14(25(15)12-31-18(28)10-17(25)33-22)5-7-23(3)19(13-6-8-30-11-13)32-21(29)20-26(23,24)34-20/h2-7,10,16,18,20-30,32-36H,8-9H2,1H3;6,8,11,14-15,17,19-20H,5,7,9-10,12H2,1-4H3/t10-,16?,18+,20-,21+,22+,23-,24+,25+,26-,27+;14-,15-,17-,19-,20+,23-,24-,25+,26+/m00/s1. The molecule has 20 atom stereocenters. The highest BCUT2D eigenvalue weighted by Gasteiger charge is 2.90. The normalized spacial score (nSPS) is 44.1. The lowest BCUT2D eigenvalue weighted by Crippen LogP contribution is -2.72. The Balaban J connectivity index is 0.000000163. The van der Waals surface area contributed by atoms with Crippen molar-refractivity contribution in [3.05, 3.63) is 71.7 Å². The number of ether oxygens (including phenoxy) is 9. The van der Waals surface area contributed by atoms with Crippen LogP contribution in [0, 0.1) is 28.1 Å². The van der Waals surface area contributed by atoms with Gasteiger partial charge in [0.25, 0.3) is 0 Å². The molecule has 2 aromatic carbocycles. The van der Waals surface area contributed by atoms with Gasteiger partial charge in [0.1, 0.15) is 95.4 Å². The number of Topliss-reactive ketones (excluding diaryl/α,β-unsaturated/α-hetero) is 2. The van der Waals surface area contributed by atoms with Crippen molar-refractivity contribution in [2.45, 2.75) is 164 Å². The third kappa shape index (κ3) is 7.68. The molecule has 0 amide bonds. The molecular formula is C53H62O22. The van der Waals surface area contributed by atoms with Crippen molar-refractivity contribution in [3.8, 4) is 23.0 Å². The second-order valence-electron chi connectivity index (χ2n) is 22.4. The van der Waals surface area contributed by atoms with Crippen LogP contribution in [0.15, 0.2) is 59.4 Å². The molecule has 1 unspecified atom stereocenters. The van der Waals surface area contributed by atoms with Crippen LogP contribution in [0.1, 0.15) is 100 Å². The van der Waals surface area contributed by atoms with E-state index in [4.69, 9.17) is 47.0 Å². The number of hydrogen-bond acceptors (Lipinski definition) is 22. The number of rotatable bonds is 7. The average molecular weight is 1050 g/mol. The Kier molecular flexibility index (Phi) is 12.6. The van der Waals surface area contributed by atoms with Gasteiger partial charge < -0.3 is 87.9 Å². The monoisotopic (exact) mass is 1050 g/mol. The molecule has 2 spiro atoms. The molecule has 22 nitrogen and oxygen atoms in total. The molecule has 8 heterocycles. The van der Waals surface area contributed by atoms with E-state index in [1.54, 1.807) is 24.7 Å². The smallest absolute Gasteiger partial charge is 0.339 e. The number of aliphatic hydroxyl groups excluding tert-OH is 6. The summed E-state index contributed by atoms with van der Waals surface area (Å²) in [4.78, 5) is 52.5. The van der Waals surface area contributed by atoms with Crippen LogP contribution in [0.25, 0.3) is 0 Å². The molecule has 6 saturated heterocycles. The number of aliphatic hydroxyl groups is 6. The highest BCUT2D eigenvalue weighted by molar-refractivity contribution is 6.02. The molecule has 8 N–H and O–H groups in total. The number of cyclic esters (lactones) is 2. The van der Waals surface area contributed by atoms with Crippen LogP contribution in [0.3, 0.4) is 0 Å². The van der Waals surface area contributed by atoms with Gasteiger partial charge in [-0.1, -0.05) is 19.1 Å². The molecule has 22 heteroatoms. The lowest BCUT2D eigenvalue weighted by Gasteiger charge is -2.65. The van der Waals surface area contributed by atoms with Gasteiger partial charge in [-0.15, -0.1) is 0 Å². The molecule has 12 rings (SSSR count). The predicted molar refractivity (Wildman–Crippen MR) is 248 cm³/mol. The zero-order valence-electron chi connectivity index (χ0n) is 41.7. The number of furan rings is 1. The zero-order chi connectivity index (χ0) is 53.5. The van der Waals surface area contributed by atoms with Crippen molar-refractivity contribution in [2.24, 2.45) is 28.1 Å². The van der Waals surface area contributed by atoms with Crippen LogP contribution >= 0.6 is 0 Å². The molecule has 2 saturated carbocycles. The van der Waals surface area contributed by atoms with E-state index < -0.39 is 131 Å². The van der Waals surface area contributed by atoms with Crippen LogP contribution in [-0.4, -0.2) is 162 Å². The van der Waals surface area contributed by atoms with Crippen LogP contribution in [0.2, 0.25) is 0 Å². The summed E-state index contributed by atoms with van der Waals surface area (Å²) in [6.07, 6.45) is -12.6. The van der Waals surface area contributed by atoms with Gasteiger partial charge in [0, 0.05) is 40.9 Å². The number of benzene rings is 2. The van der Waals surface area contributed by atoms with Gasteiger partial charge in [0.2, 0.25) is 6.29 Å². The number of esters is 2. The summed E-state index contributed by atoms with van der Waals surface area (Å²) in [6, 6.07) is 10.3. The van der Waals surface area contributed by atoms with E-state index in [1.165, 1.54) is 25.1 Å². The number of hydrogen-bond donors (Lipinski definition) is 8. The highest BCUT2D eigenvalue weighted by Crippen LogP contribution is 2.79. The molecular weight excluding hydrogens is 989 g/mol. The summed E-state index contributed by atoms with van der Waals surface area (Å²) >= 11 is 0. The van der Waals surface area contributed by atoms with E-state index in [0.717, 1.165) is 18.1 Å². The van der Waals surface area contributed by atoms with Crippen LogP contribution in [0.5, 0.6) is 23.0 Å². The summed E-state index contributed by atoms with van der Waals surface area (Å²) in [6.45, 7) is 9.08. The fourth-order valence-electron chi connectivity index (χ4n) is 14.4. The molecule has 2 aliphatic carbocycles. The third-order valence-electron chi connectivity index (χ3n) is 18.2. The van der Waals surface area contributed by atoms with Gasteiger partial charge in [0.05, 0.1) is 55.2 Å². The Morgan fingerprint density at radius 3 is 2.21 bits per heavy atom. The minimum atomic E-state index is -1.75. The first-order chi connectivity index (χ1) is 35.5. The van der Waals surface area contributed by atoms with Crippen molar-refractivity contribution in [2.75, 3.05) is 13.2 Å². The molecule has 0 bridgehead atoms. The molecule has 406 valence electrons. The van der Waals surface area contributed by atoms with E-state index in [2.05, 4.69) is 6.92 Å². The predicted octanol–water partition coefficient (Wildman–Crippen LogP) is 1.97. The molecule has 7 aliphatic heterocycles. The van der Waals surface area contributed by atoms with Crippen LogP contribution in [0.4, 0.5) is 0 Å². The zero-order valence-corrected chi connectivity index (χ0v) is 41.7. The topological polar surface area (TPSA) is 330 Å². The van der Waals surface area contributed by atoms with Gasteiger partial charge >= 0.3 is 11.9 Å². The van der Waals surface area contributed by atoms with Crippen molar-refractivity contribution in [1.29, 1.82) is 0 Å². The maximum absolute atomic E-state index is 14.2. The van der Waals surface area contributed by atoms with Gasteiger partial charge in [-0.2, -0.15) is 0 Å². The maximum Gasteiger partial charge on any atom is 0.339 e. The maximum atomic E-state index is 14.2. The van der Waals surface area contributed by atoms with E-state index in [9.17, 15) is 60.0 Å². The van der Waals surface area contributed by atoms with E-state index in [0.29, 0.717) is 18.4 Å². The summed E-state index contributed by atoms with van der Waals surface area (Å²) in [5.74, 6) is -1.73. The van der Waals surface area contributed by atoms with Crippen molar-refractivity contribution in [1.82, 2.24) is 0 Å². The average Bonchev–Trinajstić information content (AvgIpc) is 4.10. The Labute approximate surface area is 429 Å². The summed E-state index contributed by atoms with van der Waals surface area (Å²) in [7, 11) is 0. The Hall–Kier alpha value is -5.24. The van der Waals surface area contributed by atoms with Crippen molar-refractivity contribution in [3.63, 3.8) is 0 Å². The lowest BCUT2D eigenvalue weighted by molar-refractivity contribution is -0.354. The molecule has 9 aliphatic rings. The lowest BCUT2D eigenvalue weighted by atomic mass is 9.37. The molecule has 8 fully saturated rings. The fraction of sp³-hybridized carbons (Fsp3) is 0.623. The Bertz CT molecular complexity index is 2730. The first kappa shape index (κ1) is 51.8. The number of fused-ring (bicyclic) bond motifs is 2. The molecule has 1 aromatic heterocycles. The van der Waals surface area contributed by atoms with E-state index in [1.807, 2.05) is 26.8 Å². The number of phenolic OH excluding ortho intramolecular Hbond substituents is 2. The number of aromatic hydroxyl groups is 2. The molecule has 0 radical (unpaired) electrons. The summed E-state index contributed by atoms with van der Waals surface area (Å²) in [5.41, 5.74) is -2.25. The van der Waals surface area contributed by atoms with E-state index >= 15 is 0 Å². The fourth-order valence-corrected chi connectivity index (χ4v) is 14.4. The number of phenols is 2. The summed E-state index contributed by atoms with van der Waals surface area (Å²) < 4.78 is 58.4. The van der Waals surface area contributed by atoms with Crippen LogP contribution < -0.4 is 9.47 Å². The van der Waals surface area contributed by atoms with Gasteiger partial charge in [-0.25, -0.2) is 4.79 Å². The number of epoxide rings is 1. The van der Waals surface area contributed by atoms with Crippen molar-refractivity contribution < 1.29 is 107 Å². The second kappa shape index (κ2) is 18.2. The Morgan fingerprint density at radius 1 is 0.760 bits per heavy atom. The first-order valence-corrected chi connectivity index (χ1v) is 25.3. The molecule has 75 heavy (non-hydrogen) atoms. The first-order valence-electron chi connectivity index (χ1n) is 25.3. The summed E-state index contributed by atoms with van der Waals surface area (Å²) in [5, 5.41) is 81.6. The minimum Gasteiger partial charge on any atom is -0.508 e. The SMILES string of the molecule is CC1(C)O[C@H]2CC(=O)OC[C@]23[C@H]2CC[C@@]4(C)[C@H](c5ccoc5)OC(=O)[C@H]5O[C@]54[C@]2(C)C(=O)C[C@@H]13.C[C@@H]1O[C@@H](O[C@H]2[C@H](Oc3cc(O)c4c(c3)OC(c3ccc(O)cc3)CC4=O)O[C@H](CO)[C@@H](O)[C@@H]2O)[C@H](O)[C@H](O)[C@H]1O. The largest absolute Gasteiger partial charge is 0.508 e. The number of carbonyl (C=O) groups is 4. The van der Waals surface area contributed by atoms with Gasteiger partial charge in [0.15, 0.2) is 24.3 Å². The molecule has 3 aromatic rings. The van der Waals surface area contributed by atoms with E-state index in [-0.39, 0.29) is 72.0 Å².